The summed E-state index contributed by atoms with van der Waals surface area (Å²) in [7, 11) is 0. The van der Waals surface area contributed by atoms with Crippen LogP contribution in [0.3, 0.4) is 0 Å². The van der Waals surface area contributed by atoms with Gasteiger partial charge in [0, 0.05) is 29.8 Å². The standard InChI is InChI=1S/C19H18FN3O6/c1-12(22-18(25)13-6-4-7-15(9-13)23(27)28)19(26)29-11-17(24)21-10-14-5-2-3-8-16(14)20/h2-9,12H,10-11H2,1H3,(H,21,24)(H,22,25)/t12-/m0/s1. The number of nitro benzene ring substituents is 1. The number of benzene rings is 2. The molecule has 2 rings (SSSR count). The molecule has 2 N–H and O–H groups in total. The SMILES string of the molecule is C[C@H](NC(=O)c1cccc([N+](=O)[O-])c1)C(=O)OCC(=O)NCc1ccccc1F. The number of nitro groups is 1. The third-order valence-electron chi connectivity index (χ3n) is 3.80. The summed E-state index contributed by atoms with van der Waals surface area (Å²) in [5.74, 6) is -2.69. The quantitative estimate of drug-likeness (QED) is 0.392. The Morgan fingerprint density at radius 1 is 1.17 bits per heavy atom. The maximum absolute atomic E-state index is 13.5. The predicted octanol–water partition coefficient (Wildman–Crippen LogP) is 1.71. The van der Waals surface area contributed by atoms with Crippen LogP contribution in [-0.2, 0) is 20.9 Å². The minimum atomic E-state index is -1.10. The summed E-state index contributed by atoms with van der Waals surface area (Å²) >= 11 is 0. The summed E-state index contributed by atoms with van der Waals surface area (Å²) in [4.78, 5) is 45.9. The van der Waals surface area contributed by atoms with Crippen LogP contribution in [0.4, 0.5) is 10.1 Å². The third kappa shape index (κ3) is 6.38. The molecule has 0 aliphatic rings. The molecule has 2 aromatic rings. The van der Waals surface area contributed by atoms with Crippen LogP contribution in [0.1, 0.15) is 22.8 Å². The fraction of sp³-hybridized carbons (Fsp3) is 0.211. The van der Waals surface area contributed by atoms with Gasteiger partial charge in [-0.2, -0.15) is 0 Å². The summed E-state index contributed by atoms with van der Waals surface area (Å²) in [5.41, 5.74) is 0.0191. The van der Waals surface area contributed by atoms with Gasteiger partial charge in [-0.15, -0.1) is 0 Å². The van der Waals surface area contributed by atoms with Crippen LogP contribution in [0.15, 0.2) is 48.5 Å². The lowest BCUT2D eigenvalue weighted by Crippen LogP contribution is -2.41. The highest BCUT2D eigenvalue weighted by Crippen LogP contribution is 2.13. The Morgan fingerprint density at radius 2 is 1.90 bits per heavy atom. The molecular formula is C19H18FN3O6. The number of carbonyl (C=O) groups excluding carboxylic acids is 3. The van der Waals surface area contributed by atoms with Crippen LogP contribution >= 0.6 is 0 Å². The molecule has 0 fully saturated rings. The van der Waals surface area contributed by atoms with Crippen LogP contribution in [0, 0.1) is 15.9 Å². The van der Waals surface area contributed by atoms with Gasteiger partial charge in [0.2, 0.25) is 0 Å². The summed E-state index contributed by atoms with van der Waals surface area (Å²) in [6.07, 6.45) is 0. The Hall–Kier alpha value is -3.82. The van der Waals surface area contributed by atoms with Crippen LogP contribution in [-0.4, -0.2) is 35.4 Å². The average molecular weight is 403 g/mol. The van der Waals surface area contributed by atoms with E-state index in [1.807, 2.05) is 0 Å². The predicted molar refractivity (Wildman–Crippen MR) is 99.2 cm³/mol. The number of hydrogen-bond acceptors (Lipinski definition) is 6. The number of nitrogens with one attached hydrogen (secondary N) is 2. The second-order valence-corrected chi connectivity index (χ2v) is 5.98. The lowest BCUT2D eigenvalue weighted by atomic mass is 10.2. The number of non-ortho nitro benzene ring substituents is 1. The van der Waals surface area contributed by atoms with Crippen molar-refractivity contribution in [2.24, 2.45) is 0 Å². The van der Waals surface area contributed by atoms with Crippen molar-refractivity contribution in [1.82, 2.24) is 10.6 Å². The lowest BCUT2D eigenvalue weighted by Gasteiger charge is -2.13. The largest absolute Gasteiger partial charge is 0.454 e. The van der Waals surface area contributed by atoms with Gasteiger partial charge in [-0.05, 0) is 19.1 Å². The number of carbonyl (C=O) groups is 3. The number of nitrogens with zero attached hydrogens (tertiary/aromatic N) is 1. The minimum absolute atomic E-state index is 0.00137. The first-order chi connectivity index (χ1) is 13.8. The zero-order chi connectivity index (χ0) is 21.4. The van der Waals surface area contributed by atoms with Crippen molar-refractivity contribution >= 4 is 23.5 Å². The van der Waals surface area contributed by atoms with Gasteiger partial charge in [0.15, 0.2) is 6.61 Å². The summed E-state index contributed by atoms with van der Waals surface area (Å²) in [6, 6.07) is 9.81. The van der Waals surface area contributed by atoms with Gasteiger partial charge in [0.1, 0.15) is 11.9 Å². The van der Waals surface area contributed by atoms with Gasteiger partial charge in [0.05, 0.1) is 4.92 Å². The zero-order valence-electron chi connectivity index (χ0n) is 15.4. The molecule has 0 unspecified atom stereocenters. The van der Waals surface area contributed by atoms with Gasteiger partial charge in [-0.3, -0.25) is 19.7 Å². The maximum Gasteiger partial charge on any atom is 0.328 e. The first kappa shape index (κ1) is 21.5. The highest BCUT2D eigenvalue weighted by molar-refractivity contribution is 5.97. The zero-order valence-corrected chi connectivity index (χ0v) is 15.4. The molecule has 0 saturated heterocycles. The molecule has 0 aromatic heterocycles. The molecule has 0 spiro atoms. The van der Waals surface area contributed by atoms with E-state index in [0.717, 1.165) is 6.07 Å². The van der Waals surface area contributed by atoms with Crippen molar-refractivity contribution in [3.8, 4) is 0 Å². The van der Waals surface area contributed by atoms with E-state index in [4.69, 9.17) is 4.74 Å². The topological polar surface area (TPSA) is 128 Å². The van der Waals surface area contributed by atoms with Crippen molar-refractivity contribution in [1.29, 1.82) is 0 Å². The second-order valence-electron chi connectivity index (χ2n) is 5.98. The van der Waals surface area contributed by atoms with E-state index in [2.05, 4.69) is 10.6 Å². The minimum Gasteiger partial charge on any atom is -0.454 e. The monoisotopic (exact) mass is 403 g/mol. The fourth-order valence-corrected chi connectivity index (χ4v) is 2.25. The van der Waals surface area contributed by atoms with Crippen molar-refractivity contribution in [3.63, 3.8) is 0 Å². The van der Waals surface area contributed by atoms with E-state index < -0.39 is 41.2 Å². The Bertz CT molecular complexity index is 934. The number of rotatable bonds is 8. The highest BCUT2D eigenvalue weighted by Gasteiger charge is 2.20. The average Bonchev–Trinajstić information content (AvgIpc) is 2.71. The van der Waals surface area contributed by atoms with E-state index in [1.54, 1.807) is 6.07 Å². The van der Waals surface area contributed by atoms with Gasteiger partial charge < -0.3 is 15.4 Å². The van der Waals surface area contributed by atoms with Gasteiger partial charge in [-0.25, -0.2) is 9.18 Å². The molecule has 10 heteroatoms. The molecule has 0 bridgehead atoms. The van der Waals surface area contributed by atoms with E-state index in [9.17, 15) is 28.9 Å². The van der Waals surface area contributed by atoms with E-state index >= 15 is 0 Å². The van der Waals surface area contributed by atoms with Gasteiger partial charge >= 0.3 is 5.97 Å². The van der Waals surface area contributed by atoms with Crippen molar-refractivity contribution in [2.75, 3.05) is 6.61 Å². The summed E-state index contributed by atoms with van der Waals surface area (Å²) in [6.45, 7) is 0.668. The van der Waals surface area contributed by atoms with Crippen LogP contribution < -0.4 is 10.6 Å². The molecule has 0 radical (unpaired) electrons. The van der Waals surface area contributed by atoms with E-state index in [0.29, 0.717) is 0 Å². The molecule has 2 amide bonds. The van der Waals surface area contributed by atoms with Crippen LogP contribution in [0.25, 0.3) is 0 Å². The Morgan fingerprint density at radius 3 is 2.59 bits per heavy atom. The van der Waals surface area contributed by atoms with Gasteiger partial charge in [-0.1, -0.05) is 24.3 Å². The van der Waals surface area contributed by atoms with E-state index in [1.165, 1.54) is 43.3 Å². The summed E-state index contributed by atoms with van der Waals surface area (Å²) < 4.78 is 18.3. The second kappa shape index (κ2) is 9.93. The molecule has 2 aromatic carbocycles. The molecule has 29 heavy (non-hydrogen) atoms. The van der Waals surface area contributed by atoms with Crippen molar-refractivity contribution in [3.05, 3.63) is 75.6 Å². The maximum atomic E-state index is 13.5. The molecule has 0 aliphatic carbocycles. The normalized spacial score (nSPS) is 11.2. The lowest BCUT2D eigenvalue weighted by molar-refractivity contribution is -0.384. The van der Waals surface area contributed by atoms with Crippen molar-refractivity contribution < 1.29 is 28.4 Å². The molecule has 0 heterocycles. The fourth-order valence-electron chi connectivity index (χ4n) is 2.25. The number of amides is 2. The number of halogens is 1. The number of ether oxygens (including phenoxy) is 1. The Labute approximate surface area is 165 Å². The van der Waals surface area contributed by atoms with E-state index in [-0.39, 0.29) is 23.4 Å². The highest BCUT2D eigenvalue weighted by atomic mass is 19.1. The third-order valence-corrected chi connectivity index (χ3v) is 3.80. The molecule has 9 nitrogen and oxygen atoms in total. The molecule has 0 aliphatic heterocycles. The number of hydrogen-bond donors (Lipinski definition) is 2. The number of esters is 1. The molecular weight excluding hydrogens is 385 g/mol. The summed E-state index contributed by atoms with van der Waals surface area (Å²) in [5, 5.41) is 15.5. The first-order valence-corrected chi connectivity index (χ1v) is 8.50. The molecule has 1 atom stereocenters. The van der Waals surface area contributed by atoms with Crippen LogP contribution in [0.5, 0.6) is 0 Å². The Balaban J connectivity index is 1.80. The molecule has 152 valence electrons. The van der Waals surface area contributed by atoms with Gasteiger partial charge in [0.25, 0.3) is 17.5 Å². The first-order valence-electron chi connectivity index (χ1n) is 8.50. The molecule has 0 saturated carbocycles. The smallest absolute Gasteiger partial charge is 0.328 e. The van der Waals surface area contributed by atoms with Crippen molar-refractivity contribution in [2.45, 2.75) is 19.5 Å². The van der Waals surface area contributed by atoms with Crippen LogP contribution in [0.2, 0.25) is 0 Å². The Kier molecular flexibility index (Phi) is 7.35.